The van der Waals surface area contributed by atoms with Crippen LogP contribution in [0.25, 0.3) is 33.2 Å². The summed E-state index contributed by atoms with van der Waals surface area (Å²) in [5, 5.41) is 38.2. The van der Waals surface area contributed by atoms with Gasteiger partial charge in [-0.1, -0.05) is 42.4 Å². The molecule has 9 atom stereocenters. The molecule has 1 aromatic carbocycles. The van der Waals surface area contributed by atoms with Crippen molar-refractivity contribution < 1.29 is 85.5 Å². The maximum atomic E-state index is 14.7. The lowest BCUT2D eigenvalue weighted by Crippen LogP contribution is -2.49. The predicted molar refractivity (Wildman–Crippen MR) is 406 cm³/mol. The van der Waals surface area contributed by atoms with E-state index < -0.39 is 167 Å². The number of rotatable bonds is 36. The smallest absolute Gasteiger partial charge is 0.327 e. The molecule has 1 unspecified atom stereocenters. The molecule has 9 rings (SSSR count). The Hall–Kier alpha value is -11.0. The number of hydrogen-bond acceptors (Lipinski definition) is 25. The van der Waals surface area contributed by atoms with Crippen LogP contribution < -0.4 is 48.5 Å². The molecule has 0 fully saturated rings. The third-order valence-electron chi connectivity index (χ3n) is 19.3. The topological polar surface area (TPSA) is 548 Å². The van der Waals surface area contributed by atoms with Crippen molar-refractivity contribution in [1.82, 2.24) is 71.8 Å². The van der Waals surface area contributed by atoms with E-state index in [-0.39, 0.29) is 95.4 Å². The fourth-order valence-electron chi connectivity index (χ4n) is 13.6. The van der Waals surface area contributed by atoms with Crippen molar-refractivity contribution in [2.24, 2.45) is 5.92 Å². The summed E-state index contributed by atoms with van der Waals surface area (Å²) in [5.74, 6) is -15.7. The number of hydrogen-bond donors (Lipinski definition) is 14. The zero-order valence-electron chi connectivity index (χ0n) is 61.3. The van der Waals surface area contributed by atoms with Gasteiger partial charge < -0.3 is 67.9 Å². The van der Waals surface area contributed by atoms with Gasteiger partial charge in [0.25, 0.3) is 21.6 Å². The summed E-state index contributed by atoms with van der Waals surface area (Å²) in [6, 6.07) is 6.69. The monoisotopic (exact) mass is 1570 g/mol. The Morgan fingerprint density at radius 3 is 2.05 bits per heavy atom. The fourth-order valence-corrected chi connectivity index (χ4v) is 16.0. The number of anilines is 2. The van der Waals surface area contributed by atoms with Crippen LogP contribution in [0.2, 0.25) is 0 Å². The lowest BCUT2D eigenvalue weighted by molar-refractivity contribution is -0.142. The number of nitrogens with one attached hydrogen (secondary N) is 10. The molecule has 1 aliphatic carbocycles. The van der Waals surface area contributed by atoms with Crippen LogP contribution in [0.1, 0.15) is 192 Å². The number of carbonyl (C=O) groups is 12. The second kappa shape index (κ2) is 36.5. The van der Waals surface area contributed by atoms with Crippen LogP contribution in [0.4, 0.5) is 11.6 Å². The predicted octanol–water partition coefficient (Wildman–Crippen LogP) is 4.48. The van der Waals surface area contributed by atoms with E-state index >= 15 is 0 Å². The molecule has 6 aromatic rings. The largest absolute Gasteiger partial charge is 0.480 e. The SMILES string of the molecule is CCNC(=O)C[C@H](NC(=O)CC[C@@H]1c2nc(cc3[nH]c(cc4nc(cc5[nH]c6c(c5C)C(=O)C(C(=O)OC)c26)[C@H](CC)[C@H]4C)c(C(C)=O)c3C)[C@H]1C)C(=O)NCCSSC[C@H](NC(=O)[C@@H](CC(=O)CC[C@H](NC(=O)c1ccc(NCc2cnc3nc(N)[nH]c(=O)c3n2)cc1)C(=O)O)CC(=O)NCCS(=O)(=O)O)C(=O)O. The summed E-state index contributed by atoms with van der Waals surface area (Å²) in [4.78, 5) is 206. The van der Waals surface area contributed by atoms with Gasteiger partial charge in [-0.2, -0.15) is 13.4 Å². The number of nitrogen functional groups attached to an aromatic ring is 1. The van der Waals surface area contributed by atoms with Crippen LogP contribution in [0.15, 0.2) is 53.5 Å². The Morgan fingerprint density at radius 2 is 1.38 bits per heavy atom. The van der Waals surface area contributed by atoms with Gasteiger partial charge in [-0.25, -0.2) is 19.6 Å². The number of nitrogens with two attached hydrogens (primary N) is 1. The molecule has 0 spiro atoms. The van der Waals surface area contributed by atoms with Crippen molar-refractivity contribution >= 4 is 147 Å². The van der Waals surface area contributed by atoms with Crippen molar-refractivity contribution in [3.63, 3.8) is 0 Å². The van der Waals surface area contributed by atoms with E-state index in [4.69, 9.17) is 20.4 Å². The van der Waals surface area contributed by atoms with E-state index in [1.807, 2.05) is 32.0 Å². The van der Waals surface area contributed by atoms with E-state index in [0.717, 1.165) is 39.4 Å². The molecule has 2 aliphatic heterocycles. The maximum absolute atomic E-state index is 14.7. The lowest BCUT2D eigenvalue weighted by Gasteiger charge is -2.21. The minimum Gasteiger partial charge on any atom is -0.480 e. The molecule has 15 N–H and O–H groups in total. The van der Waals surface area contributed by atoms with Crippen molar-refractivity contribution in [3.8, 4) is 0 Å². The number of aromatic nitrogens is 8. The van der Waals surface area contributed by atoms with Crippen molar-refractivity contribution in [2.75, 3.05) is 55.1 Å². The maximum Gasteiger partial charge on any atom is 0.327 e. The van der Waals surface area contributed by atoms with E-state index in [9.17, 15) is 85.5 Å². The number of aromatic amines is 3. The average Bonchev–Trinajstić information content (AvgIpc) is 1.56. The number of methoxy groups -OCH3 is 1. The highest BCUT2D eigenvalue weighted by atomic mass is 33.1. The summed E-state index contributed by atoms with van der Waals surface area (Å²) in [7, 11) is -1.36. The Kier molecular flexibility index (Phi) is 27.5. The van der Waals surface area contributed by atoms with Crippen molar-refractivity contribution in [1.29, 1.82) is 0 Å². The van der Waals surface area contributed by atoms with E-state index in [1.54, 1.807) is 13.8 Å². The first-order chi connectivity index (χ1) is 52.2. The second-order valence-corrected chi connectivity index (χ2v) is 31.1. The summed E-state index contributed by atoms with van der Waals surface area (Å²) in [6.45, 7) is 12.4. The Bertz CT molecular complexity index is 5010. The molecule has 38 heteroatoms. The minimum atomic E-state index is -4.55. The molecule has 110 heavy (non-hydrogen) atoms. The first kappa shape index (κ1) is 83.1. The van der Waals surface area contributed by atoms with Gasteiger partial charge in [-0.15, -0.1) is 0 Å². The number of fused-ring (bicyclic) bond motifs is 9. The number of H-pyrrole nitrogens is 3. The number of esters is 1. The Morgan fingerprint density at radius 1 is 0.709 bits per heavy atom. The highest BCUT2D eigenvalue weighted by molar-refractivity contribution is 8.76. The summed E-state index contributed by atoms with van der Waals surface area (Å²) >= 11 is 0. The third-order valence-corrected chi connectivity index (χ3v) is 22.5. The van der Waals surface area contributed by atoms with Crippen LogP contribution in [-0.4, -0.2) is 196 Å². The standard InChI is InChI=1S/C72H86N16O19S3/c1-9-42-32(3)45-27-50-56(36(7)89)34(5)47(81-50)25-46-33(4)43(60(83-46)58-59(71(103)107-8)63(94)57-35(6)48(84-61(57)58)26-49(42)80-45)16-18-53(91)82-51(28-55(93)74-10-2)67(97)76-19-21-108-109-31-52(70(101)102)86-66(96)38(24-54(92)75-20-22-110(104,105)106)23-41(90)15-17-44(69(99)100)85-65(95)37-11-13-39(14-12-37)77-29-40-30-78-64-62(79-40)68(98)88-72(73)87-64/h11-14,25-27,30,32-33,38,42-44,51-52,59,77,81,84H,9-10,15-24,28-29,31H2,1-8H3,(H,74,93)(H,75,92)(H,76,97)(H,82,91)(H,85,95)(H,86,96)(H,99,100)(H,101,102)(H,104,105,106)(H3,73,78,87,88,98)/t32-,33+,38+,42-,43+,44+,51+,52+,59?/m1/s1. The lowest BCUT2D eigenvalue weighted by atomic mass is 9.83. The van der Waals surface area contributed by atoms with E-state index in [1.165, 1.54) is 44.5 Å². The summed E-state index contributed by atoms with van der Waals surface area (Å²) in [6.07, 6.45) is -1.18. The van der Waals surface area contributed by atoms with Crippen LogP contribution >= 0.6 is 21.6 Å². The number of nitrogens with zero attached hydrogens (tertiary/aromatic N) is 5. The zero-order valence-corrected chi connectivity index (χ0v) is 63.8. The molecule has 0 saturated heterocycles. The molecule has 5 aromatic heterocycles. The van der Waals surface area contributed by atoms with Crippen LogP contribution in [-0.2, 0) is 64.6 Å². The van der Waals surface area contributed by atoms with E-state index in [0.29, 0.717) is 61.5 Å². The molecule has 6 amide bonds. The minimum absolute atomic E-state index is 0.0165. The second-order valence-electron chi connectivity index (χ2n) is 26.9. The van der Waals surface area contributed by atoms with Crippen molar-refractivity contribution in [2.45, 2.75) is 154 Å². The molecule has 0 radical (unpaired) electrons. The number of Topliss-reactive ketones (excluding diaryl/α,β-unsaturated/α-hetero) is 3. The molecule has 8 bridgehead atoms. The normalized spacial score (nSPS) is 16.9. The third kappa shape index (κ3) is 20.3. The van der Waals surface area contributed by atoms with Gasteiger partial charge in [-0.3, -0.25) is 72.2 Å². The van der Waals surface area contributed by atoms with Gasteiger partial charge in [0, 0.05) is 137 Å². The van der Waals surface area contributed by atoms with Crippen LogP contribution in [0.3, 0.4) is 0 Å². The number of aliphatic carboxylic acids is 2. The number of ether oxygens (including phenoxy) is 1. The molecule has 3 aliphatic rings. The Balaban J connectivity index is 0.822. The molecule has 0 saturated carbocycles. The fraction of sp³-hybridized carbons (Fsp3) is 0.444. The van der Waals surface area contributed by atoms with Gasteiger partial charge >= 0.3 is 17.9 Å². The van der Waals surface area contributed by atoms with Crippen LogP contribution in [0.5, 0.6) is 0 Å². The van der Waals surface area contributed by atoms with Gasteiger partial charge in [0.15, 0.2) is 22.7 Å². The zero-order chi connectivity index (χ0) is 80.2. The number of ketones is 3. The molecular formula is C72H86N16O19S3. The van der Waals surface area contributed by atoms with Gasteiger partial charge in [-0.05, 0) is 101 Å². The highest BCUT2D eigenvalue weighted by Gasteiger charge is 2.46. The number of carboxylic acids is 2. The molecule has 7 heterocycles. The summed E-state index contributed by atoms with van der Waals surface area (Å²) in [5.41, 5.74) is 12.7. The highest BCUT2D eigenvalue weighted by Crippen LogP contribution is 2.49. The Labute approximate surface area is 637 Å². The van der Waals surface area contributed by atoms with Gasteiger partial charge in [0.05, 0.1) is 60.4 Å². The first-order valence-electron chi connectivity index (χ1n) is 35.3. The van der Waals surface area contributed by atoms with Gasteiger partial charge in [0.2, 0.25) is 35.5 Å². The van der Waals surface area contributed by atoms with Gasteiger partial charge in [0.1, 0.15) is 29.8 Å². The average molecular weight is 1580 g/mol. The van der Waals surface area contributed by atoms with Crippen molar-refractivity contribution in [3.05, 3.63) is 121 Å². The van der Waals surface area contributed by atoms with E-state index in [2.05, 4.69) is 81.0 Å². The molecular weight excluding hydrogens is 1490 g/mol. The quantitative estimate of drug-likeness (QED) is 0.00643. The van der Waals surface area contributed by atoms with Crippen LogP contribution in [0, 0.1) is 19.8 Å². The first-order valence-corrected chi connectivity index (χ1v) is 39.4. The molecule has 35 nitrogen and oxygen atoms in total. The number of carboxylic acid groups (broad SMARTS) is 2. The molecule has 586 valence electrons. The summed E-state index contributed by atoms with van der Waals surface area (Å²) < 4.78 is 37.2. The number of carbonyl (C=O) groups excluding carboxylic acids is 10. The number of amides is 6. The number of aryl methyl sites for hydroxylation is 2. The number of benzene rings is 1.